The lowest BCUT2D eigenvalue weighted by atomic mass is 9.89. The summed E-state index contributed by atoms with van der Waals surface area (Å²) in [6.07, 6.45) is 0.711. The van der Waals surface area contributed by atoms with Crippen molar-refractivity contribution >= 4 is 0 Å². The highest BCUT2D eigenvalue weighted by Crippen LogP contribution is 2.40. The van der Waals surface area contributed by atoms with E-state index in [1.165, 1.54) is 12.1 Å². The van der Waals surface area contributed by atoms with Crippen LogP contribution < -0.4 is 10.5 Å². The lowest BCUT2D eigenvalue weighted by Gasteiger charge is -2.37. The molecule has 0 bridgehead atoms. The molecule has 0 saturated heterocycles. The zero-order chi connectivity index (χ0) is 11.2. The van der Waals surface area contributed by atoms with Crippen LogP contribution in [0.2, 0.25) is 0 Å². The van der Waals surface area contributed by atoms with Crippen LogP contribution in [0.1, 0.15) is 37.4 Å². The molecule has 3 heteroatoms. The number of hydrogen-bond donors (Lipinski definition) is 1. The molecular weight excluding hydrogens is 193 g/mol. The summed E-state index contributed by atoms with van der Waals surface area (Å²) in [4.78, 5) is 0. The first-order valence-corrected chi connectivity index (χ1v) is 5.14. The van der Waals surface area contributed by atoms with Gasteiger partial charge in [-0.1, -0.05) is 0 Å². The number of hydrogen-bond acceptors (Lipinski definition) is 2. The van der Waals surface area contributed by atoms with E-state index in [0.717, 1.165) is 16.9 Å². The van der Waals surface area contributed by atoms with Crippen LogP contribution in [0.25, 0.3) is 0 Å². The fraction of sp³-hybridized carbons (Fsp3) is 0.500. The summed E-state index contributed by atoms with van der Waals surface area (Å²) in [6, 6.07) is 2.81. The van der Waals surface area contributed by atoms with Gasteiger partial charge in [-0.2, -0.15) is 0 Å². The van der Waals surface area contributed by atoms with E-state index in [-0.39, 0.29) is 17.5 Å². The third-order valence-electron chi connectivity index (χ3n) is 2.76. The first kappa shape index (κ1) is 10.4. The highest BCUT2D eigenvalue weighted by Gasteiger charge is 2.32. The number of ether oxygens (including phenoxy) is 1. The maximum atomic E-state index is 13.2. The molecule has 0 amide bonds. The highest BCUT2D eigenvalue weighted by atomic mass is 19.1. The zero-order valence-corrected chi connectivity index (χ0v) is 9.30. The van der Waals surface area contributed by atoms with Crippen LogP contribution >= 0.6 is 0 Å². The maximum absolute atomic E-state index is 13.2. The van der Waals surface area contributed by atoms with E-state index in [2.05, 4.69) is 0 Å². The maximum Gasteiger partial charge on any atom is 0.127 e. The normalized spacial score (nSPS) is 23.1. The fourth-order valence-electron chi connectivity index (χ4n) is 2.13. The molecule has 1 aliphatic heterocycles. The monoisotopic (exact) mass is 209 g/mol. The molecule has 0 aliphatic carbocycles. The molecule has 0 aromatic heterocycles. The molecule has 1 aliphatic rings. The number of benzene rings is 1. The molecule has 82 valence electrons. The van der Waals surface area contributed by atoms with E-state index in [0.29, 0.717) is 6.42 Å². The van der Waals surface area contributed by atoms with Crippen molar-refractivity contribution in [2.24, 2.45) is 5.73 Å². The van der Waals surface area contributed by atoms with Crippen LogP contribution in [-0.4, -0.2) is 5.60 Å². The first-order chi connectivity index (χ1) is 6.89. The van der Waals surface area contributed by atoms with Crippen molar-refractivity contribution in [3.8, 4) is 5.75 Å². The van der Waals surface area contributed by atoms with Crippen molar-refractivity contribution in [1.82, 2.24) is 0 Å². The average Bonchev–Trinajstić information content (AvgIpc) is 2.06. The Kier molecular flexibility index (Phi) is 2.23. The van der Waals surface area contributed by atoms with Gasteiger partial charge in [0.1, 0.15) is 17.2 Å². The molecule has 0 spiro atoms. The van der Waals surface area contributed by atoms with Crippen molar-refractivity contribution in [3.63, 3.8) is 0 Å². The summed E-state index contributed by atoms with van der Waals surface area (Å²) < 4.78 is 19.0. The van der Waals surface area contributed by atoms with Gasteiger partial charge < -0.3 is 10.5 Å². The predicted octanol–water partition coefficient (Wildman–Crippen LogP) is 2.70. The second-order valence-electron chi connectivity index (χ2n) is 4.81. The second kappa shape index (κ2) is 3.20. The van der Waals surface area contributed by atoms with Crippen LogP contribution in [0.5, 0.6) is 5.75 Å². The van der Waals surface area contributed by atoms with Gasteiger partial charge in [0.25, 0.3) is 0 Å². The van der Waals surface area contributed by atoms with Gasteiger partial charge in [-0.25, -0.2) is 4.39 Å². The Morgan fingerprint density at radius 3 is 2.80 bits per heavy atom. The van der Waals surface area contributed by atoms with Crippen LogP contribution in [0.3, 0.4) is 0 Å². The Bertz CT molecular complexity index is 401. The Labute approximate surface area is 89.2 Å². The minimum absolute atomic E-state index is 0.141. The highest BCUT2D eigenvalue weighted by molar-refractivity contribution is 5.45. The molecule has 1 aromatic rings. The number of nitrogens with two attached hydrogens (primary N) is 1. The third kappa shape index (κ3) is 1.84. The first-order valence-electron chi connectivity index (χ1n) is 5.14. The Morgan fingerprint density at radius 2 is 2.13 bits per heavy atom. The Balaban J connectivity index is 2.55. The summed E-state index contributed by atoms with van der Waals surface area (Å²) in [5.41, 5.74) is 7.34. The molecule has 2 rings (SSSR count). The van der Waals surface area contributed by atoms with Gasteiger partial charge in [-0.3, -0.25) is 0 Å². The van der Waals surface area contributed by atoms with Gasteiger partial charge in [0.15, 0.2) is 0 Å². The Morgan fingerprint density at radius 1 is 1.47 bits per heavy atom. The van der Waals surface area contributed by atoms with Gasteiger partial charge in [0.2, 0.25) is 0 Å². The quantitative estimate of drug-likeness (QED) is 0.713. The molecule has 15 heavy (non-hydrogen) atoms. The molecule has 1 atom stereocenters. The van der Waals surface area contributed by atoms with Crippen molar-refractivity contribution in [1.29, 1.82) is 0 Å². The SMILES string of the molecule is Cc1cc(F)cc2c1OC(C)(C)CC2N. The topological polar surface area (TPSA) is 35.2 Å². The van der Waals surface area contributed by atoms with E-state index in [9.17, 15) is 4.39 Å². The van der Waals surface area contributed by atoms with Gasteiger partial charge >= 0.3 is 0 Å². The van der Waals surface area contributed by atoms with Crippen molar-refractivity contribution in [2.45, 2.75) is 38.8 Å². The average molecular weight is 209 g/mol. The summed E-state index contributed by atoms with van der Waals surface area (Å²) in [5.74, 6) is 0.505. The van der Waals surface area contributed by atoms with Gasteiger partial charge in [-0.05, 0) is 38.5 Å². The standard InChI is InChI=1S/C12H16FNO/c1-7-4-8(13)5-9-10(14)6-12(2,3)15-11(7)9/h4-5,10H,6,14H2,1-3H3. The summed E-state index contributed by atoms with van der Waals surface area (Å²) >= 11 is 0. The van der Waals surface area contributed by atoms with E-state index in [1.807, 2.05) is 20.8 Å². The number of halogens is 1. The largest absolute Gasteiger partial charge is 0.487 e. The molecule has 2 nitrogen and oxygen atoms in total. The molecule has 0 fully saturated rings. The predicted molar refractivity (Wildman–Crippen MR) is 57.4 cm³/mol. The van der Waals surface area contributed by atoms with E-state index in [4.69, 9.17) is 10.5 Å². The summed E-state index contributed by atoms with van der Waals surface area (Å²) in [6.45, 7) is 5.84. The lowest BCUT2D eigenvalue weighted by molar-refractivity contribution is 0.0716. The van der Waals surface area contributed by atoms with Gasteiger partial charge in [-0.15, -0.1) is 0 Å². The van der Waals surface area contributed by atoms with Crippen LogP contribution in [-0.2, 0) is 0 Å². The van der Waals surface area contributed by atoms with Crippen molar-refractivity contribution in [2.75, 3.05) is 0 Å². The van der Waals surface area contributed by atoms with Gasteiger partial charge in [0.05, 0.1) is 0 Å². The fourth-order valence-corrected chi connectivity index (χ4v) is 2.13. The molecule has 0 radical (unpaired) electrons. The molecule has 1 unspecified atom stereocenters. The van der Waals surface area contributed by atoms with Crippen molar-refractivity contribution < 1.29 is 9.13 Å². The molecule has 1 heterocycles. The summed E-state index contributed by atoms with van der Waals surface area (Å²) in [5, 5.41) is 0. The van der Waals surface area contributed by atoms with E-state index in [1.54, 1.807) is 0 Å². The van der Waals surface area contributed by atoms with E-state index < -0.39 is 0 Å². The molecule has 0 saturated carbocycles. The van der Waals surface area contributed by atoms with Crippen LogP contribution in [0.15, 0.2) is 12.1 Å². The second-order valence-corrected chi connectivity index (χ2v) is 4.81. The molecule has 2 N–H and O–H groups in total. The minimum atomic E-state index is -0.269. The minimum Gasteiger partial charge on any atom is -0.487 e. The molecular formula is C12H16FNO. The van der Waals surface area contributed by atoms with Gasteiger partial charge in [0, 0.05) is 18.0 Å². The Hall–Kier alpha value is -1.09. The van der Waals surface area contributed by atoms with Crippen LogP contribution in [0, 0.1) is 12.7 Å². The molecule has 1 aromatic carbocycles. The third-order valence-corrected chi connectivity index (χ3v) is 2.76. The van der Waals surface area contributed by atoms with E-state index >= 15 is 0 Å². The lowest BCUT2D eigenvalue weighted by Crippen LogP contribution is -2.37. The van der Waals surface area contributed by atoms with Crippen molar-refractivity contribution in [3.05, 3.63) is 29.1 Å². The zero-order valence-electron chi connectivity index (χ0n) is 9.30. The smallest absolute Gasteiger partial charge is 0.127 e. The number of rotatable bonds is 0. The summed E-state index contributed by atoms with van der Waals surface area (Å²) in [7, 11) is 0. The van der Waals surface area contributed by atoms with Crippen LogP contribution in [0.4, 0.5) is 4.39 Å². The number of fused-ring (bicyclic) bond motifs is 1. The number of aryl methyl sites for hydroxylation is 1.